The number of allylic oxidation sites excluding steroid dienone is 9. The van der Waals surface area contributed by atoms with Crippen LogP contribution in [0.1, 0.15) is 86.0 Å². The van der Waals surface area contributed by atoms with E-state index in [-0.39, 0.29) is 24.6 Å². The summed E-state index contributed by atoms with van der Waals surface area (Å²) in [6.07, 6.45) is 18.8. The third-order valence-corrected chi connectivity index (χ3v) is 9.92. The normalized spacial score (nSPS) is 21.4. The van der Waals surface area contributed by atoms with Crippen LogP contribution < -0.4 is 0 Å². The highest BCUT2D eigenvalue weighted by atomic mass is 33.1. The molecule has 2 rings (SSSR count). The fourth-order valence-corrected chi connectivity index (χ4v) is 7.69. The summed E-state index contributed by atoms with van der Waals surface area (Å²) in [5, 5.41) is 10.2. The molecule has 0 amide bonds. The second-order valence-corrected chi connectivity index (χ2v) is 13.7. The summed E-state index contributed by atoms with van der Waals surface area (Å²) in [7, 11) is 3.87. The van der Waals surface area contributed by atoms with E-state index in [4.69, 9.17) is 9.47 Å². The van der Waals surface area contributed by atoms with Crippen LogP contribution in [0.5, 0.6) is 0 Å². The van der Waals surface area contributed by atoms with E-state index in [1.54, 1.807) is 0 Å². The molecule has 1 fully saturated rings. The van der Waals surface area contributed by atoms with Gasteiger partial charge in [0.1, 0.15) is 6.61 Å². The quantitative estimate of drug-likeness (QED) is 0.0765. The van der Waals surface area contributed by atoms with Crippen LogP contribution in [-0.2, 0) is 19.1 Å². The first-order valence-corrected chi connectivity index (χ1v) is 16.2. The lowest BCUT2D eigenvalue weighted by Crippen LogP contribution is -2.28. The van der Waals surface area contributed by atoms with Gasteiger partial charge in [0.2, 0.25) is 0 Å². The Morgan fingerprint density at radius 2 is 1.97 bits per heavy atom. The second-order valence-electron chi connectivity index (χ2n) is 10.9. The highest BCUT2D eigenvalue weighted by molar-refractivity contribution is 8.77. The standard InChI is InChI=1S/C31H46O5S2/c1-23(15-16-28-25(3)12-9-18-31(28,4)5)10-8-11-24(2)20-30(34)35-22-26(21-32)36-29(33)14-7-6-13-27-17-19-37-38-27/h8,10-11,15-16,20,26-27,32H,6-7,9,12-14,17-19,21-22H2,1-5H3/b11-8+,16-15+,23-10+,24-20+/t26?,27-/m1/s1. The molecule has 5 nitrogen and oxygen atoms in total. The number of aliphatic hydroxyl groups is 1. The summed E-state index contributed by atoms with van der Waals surface area (Å²) in [6.45, 7) is 10.2. The maximum Gasteiger partial charge on any atom is 0.331 e. The SMILES string of the molecule is CC1=C(/C=C/C(C)=C/C=C/C(C)=C/C(=O)OCC(CO)OC(=O)CCCC[C@@H]2CCSS2)C(C)(C)CCC1. The van der Waals surface area contributed by atoms with Gasteiger partial charge in [0, 0.05) is 23.5 Å². The molecule has 0 bridgehead atoms. The summed E-state index contributed by atoms with van der Waals surface area (Å²) >= 11 is 0. The number of carbonyl (C=O) groups is 2. The van der Waals surface area contributed by atoms with Gasteiger partial charge in [-0.2, -0.15) is 0 Å². The van der Waals surface area contributed by atoms with E-state index >= 15 is 0 Å². The summed E-state index contributed by atoms with van der Waals surface area (Å²) in [4.78, 5) is 24.2. The molecule has 1 saturated heterocycles. The van der Waals surface area contributed by atoms with Crippen molar-refractivity contribution < 1.29 is 24.2 Å². The highest BCUT2D eigenvalue weighted by Gasteiger charge is 2.26. The molecule has 1 N–H and O–H groups in total. The van der Waals surface area contributed by atoms with Gasteiger partial charge in [0.15, 0.2) is 6.10 Å². The van der Waals surface area contributed by atoms with E-state index in [1.807, 2.05) is 46.7 Å². The monoisotopic (exact) mass is 562 g/mol. The zero-order valence-corrected chi connectivity index (χ0v) is 25.4. The molecular formula is C31H46O5S2. The zero-order chi connectivity index (χ0) is 28.0. The molecule has 2 atom stereocenters. The van der Waals surface area contributed by atoms with Gasteiger partial charge in [-0.3, -0.25) is 4.79 Å². The molecule has 2 aliphatic rings. The van der Waals surface area contributed by atoms with E-state index < -0.39 is 12.1 Å². The Labute approximate surface area is 237 Å². The maximum absolute atomic E-state index is 12.2. The number of ether oxygens (including phenoxy) is 2. The Balaban J connectivity index is 1.72. The van der Waals surface area contributed by atoms with Crippen LogP contribution in [-0.4, -0.2) is 47.4 Å². The fraction of sp³-hybridized carbons (Fsp3) is 0.613. The number of rotatable bonds is 14. The first kappa shape index (κ1) is 32.5. The lowest BCUT2D eigenvalue weighted by atomic mass is 9.72. The molecular weight excluding hydrogens is 516 g/mol. The topological polar surface area (TPSA) is 72.8 Å². The van der Waals surface area contributed by atoms with Crippen LogP contribution in [0.2, 0.25) is 0 Å². The van der Waals surface area contributed by atoms with Gasteiger partial charge in [-0.25, -0.2) is 4.79 Å². The van der Waals surface area contributed by atoms with Crippen LogP contribution in [0.25, 0.3) is 0 Å². The molecule has 38 heavy (non-hydrogen) atoms. The first-order chi connectivity index (χ1) is 18.1. The number of unbranched alkanes of at least 4 members (excludes halogenated alkanes) is 1. The molecule has 0 saturated carbocycles. The van der Waals surface area contributed by atoms with Crippen molar-refractivity contribution in [3.8, 4) is 0 Å². The molecule has 1 aliphatic heterocycles. The van der Waals surface area contributed by atoms with Crippen molar-refractivity contribution in [1.29, 1.82) is 0 Å². The minimum absolute atomic E-state index is 0.167. The zero-order valence-electron chi connectivity index (χ0n) is 23.8. The highest BCUT2D eigenvalue weighted by Crippen LogP contribution is 2.41. The van der Waals surface area contributed by atoms with E-state index in [0.717, 1.165) is 30.4 Å². The van der Waals surface area contributed by atoms with Crippen LogP contribution in [0, 0.1) is 5.41 Å². The summed E-state index contributed by atoms with van der Waals surface area (Å²) < 4.78 is 10.5. The molecule has 212 valence electrons. The van der Waals surface area contributed by atoms with Gasteiger partial charge in [0.25, 0.3) is 0 Å². The number of carbonyl (C=O) groups excluding carboxylic acids is 2. The van der Waals surface area contributed by atoms with Crippen molar-refractivity contribution in [1.82, 2.24) is 0 Å². The molecule has 0 radical (unpaired) electrons. The predicted octanol–water partition coefficient (Wildman–Crippen LogP) is 7.68. The third-order valence-electron chi connectivity index (χ3n) is 6.92. The van der Waals surface area contributed by atoms with E-state index in [2.05, 4.69) is 39.8 Å². The lowest BCUT2D eigenvalue weighted by Gasteiger charge is -2.32. The molecule has 1 aliphatic carbocycles. The Bertz CT molecular complexity index is 936. The first-order valence-electron chi connectivity index (χ1n) is 13.8. The van der Waals surface area contributed by atoms with Crippen molar-refractivity contribution in [3.05, 3.63) is 58.7 Å². The summed E-state index contributed by atoms with van der Waals surface area (Å²) in [5.41, 5.74) is 5.00. The predicted molar refractivity (Wildman–Crippen MR) is 161 cm³/mol. The van der Waals surface area contributed by atoms with Crippen LogP contribution >= 0.6 is 21.6 Å². The minimum Gasteiger partial charge on any atom is -0.458 e. The molecule has 0 aromatic carbocycles. The van der Waals surface area contributed by atoms with Crippen LogP contribution in [0.15, 0.2) is 58.7 Å². The van der Waals surface area contributed by atoms with Crippen molar-refractivity contribution in [2.24, 2.45) is 5.41 Å². The molecule has 1 heterocycles. The van der Waals surface area contributed by atoms with Gasteiger partial charge >= 0.3 is 11.9 Å². The van der Waals surface area contributed by atoms with Gasteiger partial charge in [-0.05, 0) is 75.9 Å². The second kappa shape index (κ2) is 17.1. The molecule has 0 aromatic rings. The summed E-state index contributed by atoms with van der Waals surface area (Å²) in [5.74, 6) is 0.319. The molecule has 7 heteroatoms. The smallest absolute Gasteiger partial charge is 0.331 e. The Morgan fingerprint density at radius 1 is 1.18 bits per heavy atom. The number of hydrogen-bond acceptors (Lipinski definition) is 7. The van der Waals surface area contributed by atoms with Crippen LogP contribution in [0.3, 0.4) is 0 Å². The molecule has 0 spiro atoms. The molecule has 0 aromatic heterocycles. The summed E-state index contributed by atoms with van der Waals surface area (Å²) in [6, 6.07) is 0. The minimum atomic E-state index is -0.845. The largest absolute Gasteiger partial charge is 0.458 e. The van der Waals surface area contributed by atoms with E-state index in [9.17, 15) is 14.7 Å². The van der Waals surface area contributed by atoms with Gasteiger partial charge in [0.05, 0.1) is 6.61 Å². The number of aliphatic hydroxyl groups excluding tert-OH is 1. The van der Waals surface area contributed by atoms with Gasteiger partial charge in [-0.15, -0.1) is 0 Å². The Kier molecular flexibility index (Phi) is 14.6. The third kappa shape index (κ3) is 12.4. The van der Waals surface area contributed by atoms with Gasteiger partial charge < -0.3 is 14.6 Å². The van der Waals surface area contributed by atoms with Crippen molar-refractivity contribution >= 4 is 33.5 Å². The average Bonchev–Trinajstić information content (AvgIpc) is 3.37. The van der Waals surface area contributed by atoms with E-state index in [0.29, 0.717) is 11.7 Å². The Morgan fingerprint density at radius 3 is 2.66 bits per heavy atom. The number of esters is 2. The fourth-order valence-electron chi connectivity index (χ4n) is 4.66. The molecule has 1 unspecified atom stereocenters. The van der Waals surface area contributed by atoms with Gasteiger partial charge in [-0.1, -0.05) is 83.4 Å². The van der Waals surface area contributed by atoms with Crippen molar-refractivity contribution in [2.45, 2.75) is 97.3 Å². The van der Waals surface area contributed by atoms with E-state index in [1.165, 1.54) is 48.7 Å². The maximum atomic E-state index is 12.2. The van der Waals surface area contributed by atoms with Crippen molar-refractivity contribution in [2.75, 3.05) is 19.0 Å². The number of hydrogen-bond donors (Lipinski definition) is 1. The van der Waals surface area contributed by atoms with Crippen molar-refractivity contribution in [3.63, 3.8) is 0 Å². The Hall–Kier alpha value is -1.70. The lowest BCUT2D eigenvalue weighted by molar-refractivity contribution is -0.159. The average molecular weight is 563 g/mol. The van der Waals surface area contributed by atoms with Crippen LogP contribution in [0.4, 0.5) is 0 Å².